The molecule has 0 unspecified atom stereocenters. The van der Waals surface area contributed by atoms with Gasteiger partial charge >= 0.3 is 0 Å². The van der Waals surface area contributed by atoms with Crippen LogP contribution in [-0.2, 0) is 8.85 Å². The molecule has 0 fully saturated rings. The van der Waals surface area contributed by atoms with Gasteiger partial charge in [0.25, 0.3) is 0 Å². The van der Waals surface area contributed by atoms with Crippen LogP contribution in [0.1, 0.15) is 283 Å². The molecule has 0 saturated carbocycles. The zero-order valence-corrected chi connectivity index (χ0v) is 42.3. The van der Waals surface area contributed by atoms with Gasteiger partial charge in [0.05, 0.1) is 0 Å². The Balaban J connectivity index is 3.08. The minimum atomic E-state index is -1.29. The molecule has 0 atom stereocenters. The summed E-state index contributed by atoms with van der Waals surface area (Å²) in [6.07, 6.45) is 64.3. The third-order valence-corrected chi connectivity index (χ3v) is 14.2. The molecule has 0 saturated heterocycles. The Morgan fingerprint density at radius 2 is 0.250 bits per heavy atom. The van der Waals surface area contributed by atoms with Crippen molar-refractivity contribution in [1.82, 2.24) is 0 Å². The molecule has 338 valence electrons. The summed E-state index contributed by atoms with van der Waals surface area (Å²) in [6, 6.07) is 0. The molecule has 0 rings (SSSR count). The van der Waals surface area contributed by atoms with Crippen LogP contribution in [0.3, 0.4) is 0 Å². The van der Waals surface area contributed by atoms with Crippen LogP contribution in [-0.4, -0.2) is 29.8 Å². The molecule has 0 heterocycles. The molecule has 4 heteroatoms. The largest absolute Gasteiger partial charge is 0.418 e. The van der Waals surface area contributed by atoms with Crippen molar-refractivity contribution in [3.63, 3.8) is 0 Å². The molecule has 0 aromatic heterocycles. The molecule has 0 aliphatic rings. The molecule has 0 N–H and O–H groups in total. The van der Waals surface area contributed by atoms with E-state index in [9.17, 15) is 0 Å². The van der Waals surface area contributed by atoms with Gasteiger partial charge in [-0.2, -0.15) is 0 Å². The zero-order chi connectivity index (χ0) is 40.9. The fraction of sp³-hybridized carbons (Fsp3) is 1.00. The van der Waals surface area contributed by atoms with Crippen LogP contribution in [0.4, 0.5) is 0 Å². The maximum atomic E-state index is 5.95. The van der Waals surface area contributed by atoms with Crippen LogP contribution >= 0.6 is 0 Å². The van der Waals surface area contributed by atoms with Crippen LogP contribution in [0.25, 0.3) is 0 Å². The van der Waals surface area contributed by atoms with Crippen LogP contribution in [0.15, 0.2) is 0 Å². The predicted octanol–water partition coefficient (Wildman–Crippen LogP) is 19.9. The summed E-state index contributed by atoms with van der Waals surface area (Å²) < 4.78 is 11.9. The van der Waals surface area contributed by atoms with Gasteiger partial charge in [0.15, 0.2) is 16.6 Å². The highest BCUT2D eigenvalue weighted by atomic mass is 28.4. The Morgan fingerprint density at radius 1 is 0.161 bits per heavy atom. The minimum absolute atomic E-state index is 0.995. The summed E-state index contributed by atoms with van der Waals surface area (Å²) >= 11 is 0. The van der Waals surface area contributed by atoms with Gasteiger partial charge in [-0.15, -0.1) is 0 Å². The van der Waals surface area contributed by atoms with Gasteiger partial charge in [-0.05, 0) is 52.1 Å². The highest BCUT2D eigenvalue weighted by molar-refractivity contribution is 6.70. The second-order valence-electron chi connectivity index (χ2n) is 20.5. The topological polar surface area (TPSA) is 18.5 Å². The molecular formula is C52H110O2Si2. The molecule has 0 amide bonds. The Kier molecular flexibility index (Phi) is 45.2. The molecule has 2 nitrogen and oxygen atoms in total. The first-order valence-electron chi connectivity index (χ1n) is 26.5. The standard InChI is InChI=1S/C52H110O2Si2/c1-55(2,3)53-51-49-47-45-43-41-39-37-35-33-31-29-27-25-23-21-19-17-15-13-11-9-7-8-10-12-14-16-18-20-22-24-26-28-30-32-34-36-38-40-42-44-46-48-50-52-54-56(4,5)6/h7-52H2,1-6H3. The molecular weight excluding hydrogens is 713 g/mol. The Hall–Kier alpha value is 0.354. The van der Waals surface area contributed by atoms with Crippen LogP contribution in [0, 0.1) is 0 Å². The van der Waals surface area contributed by atoms with Crippen molar-refractivity contribution in [3.8, 4) is 0 Å². The summed E-state index contributed by atoms with van der Waals surface area (Å²) in [6.45, 7) is 15.7. The summed E-state index contributed by atoms with van der Waals surface area (Å²) in [5.41, 5.74) is 0. The van der Waals surface area contributed by atoms with Crippen LogP contribution in [0.2, 0.25) is 39.3 Å². The molecule has 56 heavy (non-hydrogen) atoms. The van der Waals surface area contributed by atoms with Crippen molar-refractivity contribution in [3.05, 3.63) is 0 Å². The van der Waals surface area contributed by atoms with Crippen LogP contribution in [0.5, 0.6) is 0 Å². The second-order valence-corrected chi connectivity index (χ2v) is 29.5. The number of unbranched alkanes of at least 4 members (excludes halogenated alkanes) is 43. The van der Waals surface area contributed by atoms with Crippen molar-refractivity contribution >= 4 is 16.6 Å². The van der Waals surface area contributed by atoms with E-state index < -0.39 is 16.6 Å². The third kappa shape index (κ3) is 54.4. The minimum Gasteiger partial charge on any atom is -0.418 e. The first-order valence-corrected chi connectivity index (χ1v) is 33.3. The van der Waals surface area contributed by atoms with Crippen molar-refractivity contribution in [2.24, 2.45) is 0 Å². The lowest BCUT2D eigenvalue weighted by Gasteiger charge is -2.16. The van der Waals surface area contributed by atoms with E-state index in [1.165, 1.54) is 283 Å². The maximum absolute atomic E-state index is 5.95. The molecule has 0 aliphatic heterocycles. The lowest BCUT2D eigenvalue weighted by atomic mass is 10.0. The monoisotopic (exact) mass is 823 g/mol. The van der Waals surface area contributed by atoms with E-state index in [0.29, 0.717) is 0 Å². The first kappa shape index (κ1) is 56.4. The molecule has 0 radical (unpaired) electrons. The molecule has 0 aromatic rings. The number of hydrogen-bond acceptors (Lipinski definition) is 2. The van der Waals surface area contributed by atoms with E-state index in [1.54, 1.807) is 0 Å². The fourth-order valence-corrected chi connectivity index (χ4v) is 9.90. The van der Waals surface area contributed by atoms with E-state index >= 15 is 0 Å². The van der Waals surface area contributed by atoms with Crippen molar-refractivity contribution in [2.45, 2.75) is 322 Å². The molecule has 0 bridgehead atoms. The Labute approximate surface area is 359 Å². The Morgan fingerprint density at radius 3 is 0.339 bits per heavy atom. The van der Waals surface area contributed by atoms with Crippen molar-refractivity contribution < 1.29 is 8.85 Å². The summed E-state index contributed by atoms with van der Waals surface area (Å²) in [7, 11) is -2.58. The Bertz CT molecular complexity index is 655. The number of rotatable bonds is 49. The van der Waals surface area contributed by atoms with Crippen LogP contribution < -0.4 is 0 Å². The fourth-order valence-electron chi connectivity index (χ4n) is 8.39. The first-order chi connectivity index (χ1) is 27.2. The summed E-state index contributed by atoms with van der Waals surface area (Å²) in [4.78, 5) is 0. The van der Waals surface area contributed by atoms with Gasteiger partial charge in [0.1, 0.15) is 0 Å². The summed E-state index contributed by atoms with van der Waals surface area (Å²) in [5, 5.41) is 0. The predicted molar refractivity (Wildman–Crippen MR) is 262 cm³/mol. The van der Waals surface area contributed by atoms with Crippen molar-refractivity contribution in [2.75, 3.05) is 13.2 Å². The van der Waals surface area contributed by atoms with Gasteiger partial charge in [-0.1, -0.05) is 270 Å². The van der Waals surface area contributed by atoms with E-state index in [2.05, 4.69) is 39.3 Å². The van der Waals surface area contributed by atoms with E-state index in [-0.39, 0.29) is 0 Å². The van der Waals surface area contributed by atoms with E-state index in [4.69, 9.17) is 8.85 Å². The SMILES string of the molecule is C[Si](C)(C)OCCCCCCCCCCCCCCCCCCCCCCCCCCCCCCCCCCCCCCCCCCCCCCO[Si](C)(C)C. The van der Waals surface area contributed by atoms with E-state index in [1.807, 2.05) is 0 Å². The highest BCUT2D eigenvalue weighted by Gasteiger charge is 2.13. The van der Waals surface area contributed by atoms with E-state index in [0.717, 1.165) is 13.2 Å². The van der Waals surface area contributed by atoms with Gasteiger partial charge < -0.3 is 8.85 Å². The lowest BCUT2D eigenvalue weighted by molar-refractivity contribution is 0.298. The molecule has 0 aliphatic carbocycles. The average molecular weight is 824 g/mol. The average Bonchev–Trinajstić information content (AvgIpc) is 3.15. The highest BCUT2D eigenvalue weighted by Crippen LogP contribution is 2.18. The van der Waals surface area contributed by atoms with Gasteiger partial charge in [0.2, 0.25) is 0 Å². The molecule has 0 spiro atoms. The second kappa shape index (κ2) is 44.9. The lowest BCUT2D eigenvalue weighted by Crippen LogP contribution is -2.25. The molecule has 0 aromatic carbocycles. The smallest absolute Gasteiger partial charge is 0.183 e. The zero-order valence-electron chi connectivity index (χ0n) is 40.3. The third-order valence-electron chi connectivity index (χ3n) is 12.1. The summed E-state index contributed by atoms with van der Waals surface area (Å²) in [5.74, 6) is 0. The normalized spacial score (nSPS) is 12.3. The van der Waals surface area contributed by atoms with Crippen molar-refractivity contribution in [1.29, 1.82) is 0 Å². The quantitative estimate of drug-likeness (QED) is 0.0449. The maximum Gasteiger partial charge on any atom is 0.183 e. The number of hydrogen-bond donors (Lipinski definition) is 0. The van der Waals surface area contributed by atoms with Gasteiger partial charge in [-0.3, -0.25) is 0 Å². The van der Waals surface area contributed by atoms with Gasteiger partial charge in [0, 0.05) is 13.2 Å². The van der Waals surface area contributed by atoms with Gasteiger partial charge in [-0.25, -0.2) is 0 Å².